The van der Waals surface area contributed by atoms with Gasteiger partial charge in [0.2, 0.25) is 5.91 Å². The van der Waals surface area contributed by atoms with Crippen molar-refractivity contribution >= 4 is 23.9 Å². The van der Waals surface area contributed by atoms with Gasteiger partial charge in [-0.2, -0.15) is 0 Å². The van der Waals surface area contributed by atoms with E-state index in [1.807, 2.05) is 66.7 Å². The van der Waals surface area contributed by atoms with Crippen molar-refractivity contribution in [1.82, 2.24) is 4.90 Å². The van der Waals surface area contributed by atoms with Crippen LogP contribution in [0.1, 0.15) is 24.5 Å². The fourth-order valence-corrected chi connectivity index (χ4v) is 3.28. The number of ketones is 1. The summed E-state index contributed by atoms with van der Waals surface area (Å²) in [4.78, 5) is 38.4. The Morgan fingerprint density at radius 2 is 1.75 bits per heavy atom. The zero-order valence-electron chi connectivity index (χ0n) is 15.8. The molecule has 5 nitrogen and oxygen atoms in total. The molecule has 5 heteroatoms. The smallest absolute Gasteiger partial charge is 0.417 e. The van der Waals surface area contributed by atoms with E-state index >= 15 is 0 Å². The van der Waals surface area contributed by atoms with Crippen LogP contribution in [-0.2, 0) is 20.7 Å². The number of rotatable bonds is 7. The molecular formula is C23H23NO4. The van der Waals surface area contributed by atoms with Crippen LogP contribution < -0.4 is 0 Å². The average Bonchev–Trinajstić information content (AvgIpc) is 3.06. The van der Waals surface area contributed by atoms with Crippen molar-refractivity contribution in [3.05, 3.63) is 77.9 Å². The summed E-state index contributed by atoms with van der Waals surface area (Å²) in [5.74, 6) is -1.65. The quantitative estimate of drug-likeness (QED) is 0.687. The molecule has 0 radical (unpaired) electrons. The number of benzene rings is 2. The standard InChI is InChI=1S/C23H23NO4/c1-17(25)21(14-8-13-18-9-4-2-5-10-18)22(26)24-20(16-28-23(24)27)15-19-11-6-3-7-12-19/h2-13,20-21H,14-16H2,1H3/b13-8+/t20-,21?/m0/s1. The Kier molecular flexibility index (Phi) is 6.37. The van der Waals surface area contributed by atoms with Gasteiger partial charge >= 0.3 is 6.09 Å². The van der Waals surface area contributed by atoms with Crippen LogP contribution in [0.2, 0.25) is 0 Å². The number of hydrogen-bond donors (Lipinski definition) is 0. The third-order valence-electron chi connectivity index (χ3n) is 4.78. The predicted octanol–water partition coefficient (Wildman–Crippen LogP) is 3.89. The summed E-state index contributed by atoms with van der Waals surface area (Å²) in [6.07, 6.45) is 3.73. The molecule has 2 aromatic carbocycles. The molecule has 1 heterocycles. The van der Waals surface area contributed by atoms with Gasteiger partial charge in [0.1, 0.15) is 18.3 Å². The van der Waals surface area contributed by atoms with Crippen LogP contribution in [0.4, 0.5) is 4.79 Å². The van der Waals surface area contributed by atoms with Gasteiger partial charge in [-0.1, -0.05) is 72.8 Å². The molecule has 1 aliphatic rings. The first-order chi connectivity index (χ1) is 13.6. The molecule has 1 fully saturated rings. The lowest BCUT2D eigenvalue weighted by atomic mass is 9.97. The van der Waals surface area contributed by atoms with Crippen LogP contribution in [0.3, 0.4) is 0 Å². The summed E-state index contributed by atoms with van der Waals surface area (Å²) in [6, 6.07) is 18.8. The minimum Gasteiger partial charge on any atom is -0.447 e. The molecule has 1 aliphatic heterocycles. The second kappa shape index (κ2) is 9.13. The fraction of sp³-hybridized carbons (Fsp3) is 0.261. The minimum atomic E-state index is -0.899. The zero-order chi connectivity index (χ0) is 19.9. The van der Waals surface area contributed by atoms with E-state index < -0.39 is 24.0 Å². The van der Waals surface area contributed by atoms with Crippen LogP contribution in [0, 0.1) is 5.92 Å². The number of imide groups is 1. The molecule has 0 bridgehead atoms. The maximum atomic E-state index is 13.0. The van der Waals surface area contributed by atoms with E-state index in [1.54, 1.807) is 6.08 Å². The van der Waals surface area contributed by atoms with Crippen molar-refractivity contribution in [2.45, 2.75) is 25.8 Å². The molecule has 1 saturated heterocycles. The number of ether oxygens (including phenoxy) is 1. The Morgan fingerprint density at radius 1 is 1.11 bits per heavy atom. The first kappa shape index (κ1) is 19.5. The molecule has 1 unspecified atom stereocenters. The molecule has 0 N–H and O–H groups in total. The van der Waals surface area contributed by atoms with E-state index in [4.69, 9.17) is 4.74 Å². The second-order valence-corrected chi connectivity index (χ2v) is 6.84. The Labute approximate surface area is 164 Å². The Balaban J connectivity index is 1.72. The highest BCUT2D eigenvalue weighted by atomic mass is 16.6. The average molecular weight is 377 g/mol. The third kappa shape index (κ3) is 4.74. The van der Waals surface area contributed by atoms with Crippen LogP contribution in [-0.4, -0.2) is 35.3 Å². The molecule has 144 valence electrons. The van der Waals surface area contributed by atoms with E-state index in [-0.39, 0.29) is 18.8 Å². The van der Waals surface area contributed by atoms with E-state index in [0.29, 0.717) is 6.42 Å². The largest absolute Gasteiger partial charge is 0.447 e. The van der Waals surface area contributed by atoms with Gasteiger partial charge in [-0.05, 0) is 30.9 Å². The first-order valence-corrected chi connectivity index (χ1v) is 9.32. The molecular weight excluding hydrogens is 354 g/mol. The van der Waals surface area contributed by atoms with Crippen LogP contribution >= 0.6 is 0 Å². The molecule has 2 amide bonds. The van der Waals surface area contributed by atoms with E-state index in [2.05, 4.69) is 0 Å². The lowest BCUT2D eigenvalue weighted by Crippen LogP contribution is -2.45. The molecule has 2 aromatic rings. The normalized spacial score (nSPS) is 17.5. The van der Waals surface area contributed by atoms with Gasteiger partial charge in [-0.25, -0.2) is 9.69 Å². The summed E-state index contributed by atoms with van der Waals surface area (Å²) in [5, 5.41) is 0. The molecule has 0 aliphatic carbocycles. The number of allylic oxidation sites excluding steroid dienone is 1. The van der Waals surface area contributed by atoms with E-state index in [1.165, 1.54) is 6.92 Å². The number of carbonyl (C=O) groups excluding carboxylic acids is 3. The van der Waals surface area contributed by atoms with E-state index in [0.717, 1.165) is 16.0 Å². The molecule has 28 heavy (non-hydrogen) atoms. The van der Waals surface area contributed by atoms with Gasteiger partial charge in [0.05, 0.1) is 6.04 Å². The summed E-state index contributed by atoms with van der Waals surface area (Å²) < 4.78 is 5.11. The Morgan fingerprint density at radius 3 is 2.39 bits per heavy atom. The number of hydrogen-bond acceptors (Lipinski definition) is 4. The molecule has 0 saturated carbocycles. The fourth-order valence-electron chi connectivity index (χ4n) is 3.28. The number of Topliss-reactive ketones (excluding diaryl/α,β-unsaturated/α-hetero) is 1. The molecule has 0 aromatic heterocycles. The topological polar surface area (TPSA) is 63.7 Å². The Bertz CT molecular complexity index is 861. The first-order valence-electron chi connectivity index (χ1n) is 9.32. The maximum Gasteiger partial charge on any atom is 0.417 e. The van der Waals surface area contributed by atoms with Gasteiger partial charge in [0, 0.05) is 0 Å². The second-order valence-electron chi connectivity index (χ2n) is 6.84. The summed E-state index contributed by atoms with van der Waals surface area (Å²) >= 11 is 0. The SMILES string of the molecule is CC(=O)C(C/C=C/c1ccccc1)C(=O)N1C(=O)OC[C@@H]1Cc1ccccc1. The Hall–Kier alpha value is -3.21. The van der Waals surface area contributed by atoms with Crippen molar-refractivity contribution in [2.24, 2.45) is 5.92 Å². The predicted molar refractivity (Wildman–Crippen MR) is 106 cm³/mol. The third-order valence-corrected chi connectivity index (χ3v) is 4.78. The van der Waals surface area contributed by atoms with Gasteiger partial charge in [0.15, 0.2) is 0 Å². The summed E-state index contributed by atoms with van der Waals surface area (Å²) in [7, 11) is 0. The zero-order valence-corrected chi connectivity index (χ0v) is 15.8. The molecule has 3 rings (SSSR count). The highest BCUT2D eigenvalue weighted by molar-refractivity contribution is 6.06. The van der Waals surface area contributed by atoms with Crippen molar-refractivity contribution in [2.75, 3.05) is 6.61 Å². The number of cyclic esters (lactones) is 1. The maximum absolute atomic E-state index is 13.0. The van der Waals surface area contributed by atoms with Crippen molar-refractivity contribution < 1.29 is 19.1 Å². The minimum absolute atomic E-state index is 0.143. The number of nitrogens with zero attached hydrogens (tertiary/aromatic N) is 1. The van der Waals surface area contributed by atoms with Crippen molar-refractivity contribution in [1.29, 1.82) is 0 Å². The van der Waals surface area contributed by atoms with Gasteiger partial charge in [0.25, 0.3) is 0 Å². The van der Waals surface area contributed by atoms with Crippen LogP contribution in [0.15, 0.2) is 66.7 Å². The van der Waals surface area contributed by atoms with Gasteiger partial charge in [-0.15, -0.1) is 0 Å². The number of carbonyl (C=O) groups is 3. The monoisotopic (exact) mass is 377 g/mol. The highest BCUT2D eigenvalue weighted by Crippen LogP contribution is 2.22. The highest BCUT2D eigenvalue weighted by Gasteiger charge is 2.41. The summed E-state index contributed by atoms with van der Waals surface area (Å²) in [5.41, 5.74) is 1.99. The number of amides is 2. The molecule has 0 spiro atoms. The van der Waals surface area contributed by atoms with Gasteiger partial charge < -0.3 is 4.74 Å². The van der Waals surface area contributed by atoms with Crippen molar-refractivity contribution in [3.63, 3.8) is 0 Å². The van der Waals surface area contributed by atoms with Gasteiger partial charge in [-0.3, -0.25) is 9.59 Å². The lowest BCUT2D eigenvalue weighted by molar-refractivity contribution is -0.138. The van der Waals surface area contributed by atoms with Crippen molar-refractivity contribution in [3.8, 4) is 0 Å². The van der Waals surface area contributed by atoms with Crippen LogP contribution in [0.5, 0.6) is 0 Å². The van der Waals surface area contributed by atoms with Crippen LogP contribution in [0.25, 0.3) is 6.08 Å². The summed E-state index contributed by atoms with van der Waals surface area (Å²) in [6.45, 7) is 1.52. The van der Waals surface area contributed by atoms with E-state index in [9.17, 15) is 14.4 Å². The lowest BCUT2D eigenvalue weighted by Gasteiger charge is -2.23. The molecule has 2 atom stereocenters.